The Labute approximate surface area is 223 Å². The summed E-state index contributed by atoms with van der Waals surface area (Å²) in [6.07, 6.45) is 1.52. The highest BCUT2D eigenvalue weighted by Crippen LogP contribution is 2.49. The number of benzene rings is 3. The Morgan fingerprint density at radius 2 is 1.92 bits per heavy atom. The lowest BCUT2D eigenvalue weighted by molar-refractivity contribution is 0.373. The highest BCUT2D eigenvalue weighted by atomic mass is 79.9. The van der Waals surface area contributed by atoms with Crippen molar-refractivity contribution in [3.8, 4) is 34.5 Å². The summed E-state index contributed by atoms with van der Waals surface area (Å²) >= 11 is 3.55. The van der Waals surface area contributed by atoms with Crippen molar-refractivity contribution < 1.29 is 19.0 Å². The lowest BCUT2D eigenvalue weighted by Crippen LogP contribution is -2.22. The largest absolute Gasteiger partial charge is 0.504 e. The van der Waals surface area contributed by atoms with Gasteiger partial charge < -0.3 is 19.0 Å². The SMILES string of the molecule is COc1ccc(-c2nc3c4c(ncn3n2)Oc2c(c(=O)oc3ccccc23)C4c2cccc(Br)c2)cc1O. The van der Waals surface area contributed by atoms with Crippen molar-refractivity contribution in [1.29, 1.82) is 0 Å². The number of phenolic OH excluding ortho intramolecular Hbond substituents is 1. The van der Waals surface area contributed by atoms with Gasteiger partial charge in [-0.25, -0.2) is 19.3 Å². The van der Waals surface area contributed by atoms with Crippen molar-refractivity contribution in [2.24, 2.45) is 0 Å². The number of hydrogen-bond donors (Lipinski definition) is 1. The van der Waals surface area contributed by atoms with Crippen LogP contribution < -0.4 is 15.1 Å². The molecule has 0 radical (unpaired) electrons. The van der Waals surface area contributed by atoms with Crippen LogP contribution in [0.1, 0.15) is 22.6 Å². The standard InChI is InChI=1S/C28H17BrN4O5/c1-36-20-10-9-15(12-18(20)34)25-31-26-23-21(14-5-4-6-16(29)11-14)22-24(38-27(23)30-13-33(26)32-25)17-7-2-3-8-19(17)37-28(22)35/h2-13,21,34H,1H3. The summed E-state index contributed by atoms with van der Waals surface area (Å²) < 4.78 is 19.6. The molecular formula is C28H17BrN4O5. The smallest absolute Gasteiger partial charge is 0.344 e. The molecule has 0 saturated heterocycles. The summed E-state index contributed by atoms with van der Waals surface area (Å²) in [7, 11) is 1.48. The number of rotatable bonds is 3. The number of para-hydroxylation sites is 1. The molecule has 0 spiro atoms. The minimum Gasteiger partial charge on any atom is -0.504 e. The molecule has 1 atom stereocenters. The van der Waals surface area contributed by atoms with E-state index in [0.717, 1.165) is 10.0 Å². The zero-order valence-electron chi connectivity index (χ0n) is 19.8. The number of hydrogen-bond acceptors (Lipinski definition) is 8. The number of methoxy groups -OCH3 is 1. The van der Waals surface area contributed by atoms with Crippen molar-refractivity contribution in [3.63, 3.8) is 0 Å². The molecular weight excluding hydrogens is 552 g/mol. The molecule has 7 rings (SSSR count). The number of phenols is 1. The minimum absolute atomic E-state index is 0.0298. The van der Waals surface area contributed by atoms with Crippen molar-refractivity contribution in [3.05, 3.63) is 105 Å². The van der Waals surface area contributed by atoms with Crippen LogP contribution in [-0.2, 0) is 0 Å². The second-order valence-electron chi connectivity index (χ2n) is 8.77. The summed E-state index contributed by atoms with van der Waals surface area (Å²) in [5, 5.41) is 15.6. The number of ether oxygens (including phenoxy) is 2. The zero-order chi connectivity index (χ0) is 26.0. The summed E-state index contributed by atoms with van der Waals surface area (Å²) in [4.78, 5) is 22.8. The molecule has 1 unspecified atom stereocenters. The van der Waals surface area contributed by atoms with E-state index < -0.39 is 11.5 Å². The first-order chi connectivity index (χ1) is 18.5. The molecule has 0 aliphatic carbocycles. The lowest BCUT2D eigenvalue weighted by atomic mass is 9.84. The maximum Gasteiger partial charge on any atom is 0.344 e. The molecule has 0 fully saturated rings. The van der Waals surface area contributed by atoms with Gasteiger partial charge >= 0.3 is 5.63 Å². The van der Waals surface area contributed by atoms with Crippen LogP contribution in [0.2, 0.25) is 0 Å². The molecule has 1 aliphatic heterocycles. The Bertz CT molecular complexity index is 1970. The van der Waals surface area contributed by atoms with Crippen LogP contribution in [0.25, 0.3) is 28.0 Å². The van der Waals surface area contributed by atoms with Gasteiger partial charge in [-0.05, 0) is 48.0 Å². The van der Waals surface area contributed by atoms with E-state index in [9.17, 15) is 9.90 Å². The van der Waals surface area contributed by atoms with Gasteiger partial charge in [0.05, 0.1) is 29.5 Å². The van der Waals surface area contributed by atoms with Gasteiger partial charge in [0.2, 0.25) is 5.88 Å². The van der Waals surface area contributed by atoms with E-state index in [4.69, 9.17) is 18.9 Å². The van der Waals surface area contributed by atoms with Gasteiger partial charge in [-0.1, -0.05) is 40.2 Å². The van der Waals surface area contributed by atoms with Gasteiger partial charge in [-0.15, -0.1) is 5.10 Å². The quantitative estimate of drug-likeness (QED) is 0.272. The molecule has 9 nitrogen and oxygen atoms in total. The predicted molar refractivity (Wildman–Crippen MR) is 142 cm³/mol. The predicted octanol–water partition coefficient (Wildman–Crippen LogP) is 5.66. The summed E-state index contributed by atoms with van der Waals surface area (Å²) in [6.45, 7) is 0. The zero-order valence-corrected chi connectivity index (χ0v) is 21.3. The molecule has 0 bridgehead atoms. The first-order valence-electron chi connectivity index (χ1n) is 11.6. The summed E-state index contributed by atoms with van der Waals surface area (Å²) in [5.41, 5.74) is 2.74. The third-order valence-electron chi connectivity index (χ3n) is 6.58. The fourth-order valence-corrected chi connectivity index (χ4v) is 5.32. The molecule has 3 aromatic carbocycles. The van der Waals surface area contributed by atoms with Crippen LogP contribution in [0, 0.1) is 0 Å². The van der Waals surface area contributed by atoms with E-state index in [2.05, 4.69) is 26.0 Å². The first kappa shape index (κ1) is 22.5. The molecule has 6 aromatic rings. The van der Waals surface area contributed by atoms with Gasteiger partial charge in [-0.3, -0.25) is 0 Å². The summed E-state index contributed by atoms with van der Waals surface area (Å²) in [6, 6.07) is 19.9. The van der Waals surface area contributed by atoms with Crippen LogP contribution in [0.4, 0.5) is 0 Å². The van der Waals surface area contributed by atoms with Crippen LogP contribution in [-0.4, -0.2) is 31.8 Å². The van der Waals surface area contributed by atoms with E-state index in [-0.39, 0.29) is 5.75 Å². The minimum atomic E-state index is -0.593. The first-order valence-corrected chi connectivity index (χ1v) is 12.4. The van der Waals surface area contributed by atoms with Crippen LogP contribution in [0.15, 0.2) is 86.7 Å². The topological polar surface area (TPSA) is 112 Å². The van der Waals surface area contributed by atoms with Gasteiger partial charge in [0, 0.05) is 10.0 Å². The van der Waals surface area contributed by atoms with E-state index in [1.54, 1.807) is 24.3 Å². The van der Waals surface area contributed by atoms with Gasteiger partial charge in [0.25, 0.3) is 0 Å². The Balaban J connectivity index is 1.52. The molecule has 10 heteroatoms. The van der Waals surface area contributed by atoms with E-state index in [1.807, 2.05) is 36.4 Å². The molecule has 4 heterocycles. The number of fused-ring (bicyclic) bond motifs is 6. The molecule has 0 amide bonds. The third-order valence-corrected chi connectivity index (χ3v) is 7.07. The van der Waals surface area contributed by atoms with E-state index in [1.165, 1.54) is 24.0 Å². The highest BCUT2D eigenvalue weighted by molar-refractivity contribution is 9.10. The molecule has 1 aliphatic rings. The molecule has 1 N–H and O–H groups in total. The molecule has 38 heavy (non-hydrogen) atoms. The Hall–Kier alpha value is -4.70. The van der Waals surface area contributed by atoms with Gasteiger partial charge in [0.15, 0.2) is 28.7 Å². The Morgan fingerprint density at radius 3 is 2.74 bits per heavy atom. The van der Waals surface area contributed by atoms with Crippen LogP contribution in [0.5, 0.6) is 23.1 Å². The second kappa shape index (κ2) is 8.42. The van der Waals surface area contributed by atoms with E-state index in [0.29, 0.717) is 56.5 Å². The van der Waals surface area contributed by atoms with Crippen molar-refractivity contribution in [1.82, 2.24) is 19.6 Å². The number of aromatic nitrogens is 4. The Morgan fingerprint density at radius 1 is 1.05 bits per heavy atom. The van der Waals surface area contributed by atoms with Gasteiger partial charge in [0.1, 0.15) is 11.9 Å². The summed E-state index contributed by atoms with van der Waals surface area (Å²) in [5.74, 6) is 0.813. The highest BCUT2D eigenvalue weighted by Gasteiger charge is 2.37. The lowest BCUT2D eigenvalue weighted by Gasteiger charge is -2.27. The molecule has 0 saturated carbocycles. The normalized spacial score (nSPS) is 14.2. The number of nitrogens with zero attached hydrogens (tertiary/aromatic N) is 4. The third kappa shape index (κ3) is 3.37. The van der Waals surface area contributed by atoms with E-state index >= 15 is 0 Å². The molecule has 186 valence electrons. The average Bonchev–Trinajstić information content (AvgIpc) is 3.37. The fourth-order valence-electron chi connectivity index (χ4n) is 4.90. The second-order valence-corrected chi connectivity index (χ2v) is 9.69. The van der Waals surface area contributed by atoms with Crippen molar-refractivity contribution >= 4 is 32.5 Å². The van der Waals surface area contributed by atoms with Crippen LogP contribution >= 0.6 is 15.9 Å². The maximum absolute atomic E-state index is 13.5. The van der Waals surface area contributed by atoms with Gasteiger partial charge in [-0.2, -0.15) is 0 Å². The Kier molecular flexibility index (Phi) is 4.98. The van der Waals surface area contributed by atoms with Crippen molar-refractivity contribution in [2.45, 2.75) is 5.92 Å². The average molecular weight is 569 g/mol. The van der Waals surface area contributed by atoms with Crippen LogP contribution in [0.3, 0.4) is 0 Å². The number of halogens is 1. The maximum atomic E-state index is 13.5. The molecule has 3 aromatic heterocycles. The van der Waals surface area contributed by atoms with Crippen molar-refractivity contribution in [2.75, 3.05) is 7.11 Å². The number of aromatic hydroxyl groups is 1. The fraction of sp³-hybridized carbons (Fsp3) is 0.0714. The monoisotopic (exact) mass is 568 g/mol.